The van der Waals surface area contributed by atoms with E-state index in [9.17, 15) is 0 Å². The van der Waals surface area contributed by atoms with Gasteiger partial charge in [0.25, 0.3) is 0 Å². The lowest BCUT2D eigenvalue weighted by Crippen LogP contribution is -2.07. The summed E-state index contributed by atoms with van der Waals surface area (Å²) in [5.74, 6) is 6.46. The molecule has 0 bridgehead atoms. The Morgan fingerprint density at radius 1 is 0.486 bits per heavy atom. The first kappa shape index (κ1) is 31.5. The molecule has 1 saturated carbocycles. The summed E-state index contributed by atoms with van der Waals surface area (Å²) in [6.07, 6.45) is 4.47. The van der Waals surface area contributed by atoms with Crippen LogP contribution in [0.4, 0.5) is 0 Å². The van der Waals surface area contributed by atoms with E-state index in [-0.39, 0.29) is 0 Å². The molecule has 1 fully saturated rings. The van der Waals surface area contributed by atoms with Crippen LogP contribution in [0.15, 0.2) is 48.5 Å². The van der Waals surface area contributed by atoms with Crippen molar-refractivity contribution in [2.75, 3.05) is 0 Å². The van der Waals surface area contributed by atoms with Gasteiger partial charge in [0.2, 0.25) is 0 Å². The van der Waals surface area contributed by atoms with E-state index in [1.807, 2.05) is 0 Å². The predicted molar refractivity (Wildman–Crippen MR) is 160 cm³/mol. The van der Waals surface area contributed by atoms with E-state index < -0.39 is 0 Å². The fraction of sp³-hybridized carbons (Fsp3) is 0.657. The van der Waals surface area contributed by atoms with Crippen LogP contribution in [0.2, 0.25) is 0 Å². The molecule has 35 heavy (non-hydrogen) atoms. The van der Waals surface area contributed by atoms with Gasteiger partial charge in [-0.15, -0.1) is 0 Å². The Labute approximate surface area is 220 Å². The van der Waals surface area contributed by atoms with E-state index in [2.05, 4.69) is 132 Å². The molecule has 198 valence electrons. The third-order valence-electron chi connectivity index (χ3n) is 7.88. The van der Waals surface area contributed by atoms with Gasteiger partial charge >= 0.3 is 0 Å². The molecule has 2 aromatic rings. The Hall–Kier alpha value is -1.56. The molecule has 0 saturated heterocycles. The minimum Gasteiger partial charge on any atom is -0.0625 e. The van der Waals surface area contributed by atoms with Crippen molar-refractivity contribution in [3.05, 3.63) is 70.8 Å². The summed E-state index contributed by atoms with van der Waals surface area (Å²) >= 11 is 0. The second-order valence-electron chi connectivity index (χ2n) is 12.7. The SMILES string of the molecule is CC(C)C1CCC(C(C)C)C1.CC(C)c1cccc(C(C)C)c1.CC(C)c1ccccc1C(C)C. The van der Waals surface area contributed by atoms with Crippen molar-refractivity contribution in [1.82, 2.24) is 0 Å². The van der Waals surface area contributed by atoms with Gasteiger partial charge in [0.05, 0.1) is 0 Å². The van der Waals surface area contributed by atoms with Crippen molar-refractivity contribution in [2.45, 2.75) is 126 Å². The largest absolute Gasteiger partial charge is 0.0625 e. The van der Waals surface area contributed by atoms with E-state index in [0.717, 1.165) is 23.7 Å². The zero-order valence-electron chi connectivity index (χ0n) is 25.4. The first-order chi connectivity index (χ1) is 16.3. The molecule has 1 aliphatic carbocycles. The monoisotopic (exact) mass is 478 g/mol. The van der Waals surface area contributed by atoms with Gasteiger partial charge in [-0.25, -0.2) is 0 Å². The maximum Gasteiger partial charge on any atom is -0.0216 e. The summed E-state index contributed by atoms with van der Waals surface area (Å²) in [5.41, 5.74) is 5.88. The molecule has 0 heterocycles. The lowest BCUT2D eigenvalue weighted by molar-refractivity contribution is 0.340. The van der Waals surface area contributed by atoms with Gasteiger partial charge < -0.3 is 0 Å². The first-order valence-electron chi connectivity index (χ1n) is 14.5. The van der Waals surface area contributed by atoms with E-state index in [1.54, 1.807) is 0 Å². The van der Waals surface area contributed by atoms with Gasteiger partial charge in [-0.05, 0) is 88.9 Å². The highest BCUT2D eigenvalue weighted by molar-refractivity contribution is 5.32. The Bertz CT molecular complexity index is 757. The Kier molecular flexibility index (Phi) is 14.0. The summed E-state index contributed by atoms with van der Waals surface area (Å²) in [7, 11) is 0. The molecule has 0 spiro atoms. The van der Waals surface area contributed by atoms with Crippen molar-refractivity contribution in [2.24, 2.45) is 23.7 Å². The zero-order valence-corrected chi connectivity index (χ0v) is 25.4. The van der Waals surface area contributed by atoms with Gasteiger partial charge in [0.15, 0.2) is 0 Å². The smallest absolute Gasteiger partial charge is 0.0216 e. The lowest BCUT2D eigenvalue weighted by atomic mass is 9.89. The standard InChI is InChI=1S/2C12H18.C11H22/c1-9(2)11-6-5-7-12(8-11)10(3)4;1-9(2)11-7-5-6-8-12(11)10(3)4;1-8(2)10-5-6-11(7-10)9(3)4/h2*5-10H,1-4H3;8-11H,5-7H2,1-4H3. The van der Waals surface area contributed by atoms with Crippen LogP contribution >= 0.6 is 0 Å². The number of hydrogen-bond donors (Lipinski definition) is 0. The third-order valence-corrected chi connectivity index (χ3v) is 7.88. The van der Waals surface area contributed by atoms with Crippen LogP contribution in [0.5, 0.6) is 0 Å². The number of rotatable bonds is 6. The van der Waals surface area contributed by atoms with Crippen molar-refractivity contribution < 1.29 is 0 Å². The predicted octanol–water partition coefficient (Wildman–Crippen LogP) is 11.6. The van der Waals surface area contributed by atoms with E-state index in [1.165, 1.54) is 41.5 Å². The minimum atomic E-state index is 0.642. The third kappa shape index (κ3) is 10.9. The van der Waals surface area contributed by atoms with Crippen molar-refractivity contribution in [1.29, 1.82) is 0 Å². The quantitative estimate of drug-likeness (QED) is 0.387. The van der Waals surface area contributed by atoms with Crippen LogP contribution in [-0.4, -0.2) is 0 Å². The van der Waals surface area contributed by atoms with Crippen molar-refractivity contribution in [3.63, 3.8) is 0 Å². The van der Waals surface area contributed by atoms with E-state index in [0.29, 0.717) is 23.7 Å². The van der Waals surface area contributed by atoms with Crippen molar-refractivity contribution in [3.8, 4) is 0 Å². The summed E-state index contributed by atoms with van der Waals surface area (Å²) in [5, 5.41) is 0. The molecule has 0 aliphatic heterocycles. The van der Waals surface area contributed by atoms with Gasteiger partial charge in [-0.1, -0.05) is 132 Å². The Morgan fingerprint density at radius 2 is 0.857 bits per heavy atom. The lowest BCUT2D eigenvalue weighted by Gasteiger charge is -2.16. The van der Waals surface area contributed by atoms with Crippen LogP contribution < -0.4 is 0 Å². The molecule has 0 heteroatoms. The molecule has 0 N–H and O–H groups in total. The Balaban J connectivity index is 0.000000263. The molecule has 0 amide bonds. The first-order valence-corrected chi connectivity index (χ1v) is 14.5. The molecule has 3 rings (SSSR count). The number of benzene rings is 2. The van der Waals surface area contributed by atoms with E-state index in [4.69, 9.17) is 0 Å². The van der Waals surface area contributed by atoms with Gasteiger partial charge in [-0.3, -0.25) is 0 Å². The summed E-state index contributed by atoms with van der Waals surface area (Å²) in [4.78, 5) is 0. The van der Waals surface area contributed by atoms with E-state index >= 15 is 0 Å². The van der Waals surface area contributed by atoms with Crippen molar-refractivity contribution >= 4 is 0 Å². The minimum absolute atomic E-state index is 0.642. The summed E-state index contributed by atoms with van der Waals surface area (Å²) in [6.45, 7) is 27.4. The maximum atomic E-state index is 2.37. The van der Waals surface area contributed by atoms with Gasteiger partial charge in [-0.2, -0.15) is 0 Å². The normalized spacial score (nSPS) is 17.8. The molecular weight excluding hydrogens is 420 g/mol. The van der Waals surface area contributed by atoms with Crippen LogP contribution in [0.3, 0.4) is 0 Å². The molecular formula is C35H58. The molecule has 1 aliphatic rings. The zero-order chi connectivity index (χ0) is 26.7. The molecule has 2 aromatic carbocycles. The fourth-order valence-electron chi connectivity index (χ4n) is 5.10. The van der Waals surface area contributed by atoms with Crippen LogP contribution in [0.25, 0.3) is 0 Å². The second-order valence-corrected chi connectivity index (χ2v) is 12.7. The second kappa shape index (κ2) is 15.5. The average Bonchev–Trinajstić information content (AvgIpc) is 3.31. The molecule has 0 nitrogen and oxygen atoms in total. The molecule has 2 unspecified atom stereocenters. The van der Waals surface area contributed by atoms with Gasteiger partial charge in [0.1, 0.15) is 0 Å². The topological polar surface area (TPSA) is 0 Å². The highest BCUT2D eigenvalue weighted by Crippen LogP contribution is 2.39. The van der Waals surface area contributed by atoms with Gasteiger partial charge in [0, 0.05) is 0 Å². The molecule has 2 atom stereocenters. The fourth-order valence-corrected chi connectivity index (χ4v) is 5.10. The summed E-state index contributed by atoms with van der Waals surface area (Å²) < 4.78 is 0. The van der Waals surface area contributed by atoms with Crippen LogP contribution in [-0.2, 0) is 0 Å². The van der Waals surface area contributed by atoms with Crippen LogP contribution in [0.1, 0.15) is 148 Å². The highest BCUT2D eigenvalue weighted by atomic mass is 14.3. The maximum absolute atomic E-state index is 2.37. The van der Waals surface area contributed by atoms with Crippen LogP contribution in [0, 0.1) is 23.7 Å². The molecule has 0 aromatic heterocycles. The summed E-state index contributed by atoms with van der Waals surface area (Å²) in [6, 6.07) is 17.6. The molecule has 0 radical (unpaired) electrons. The average molecular weight is 479 g/mol. The Morgan fingerprint density at radius 3 is 1.11 bits per heavy atom. The highest BCUT2D eigenvalue weighted by Gasteiger charge is 2.28. The number of hydrogen-bond acceptors (Lipinski definition) is 0.